The molecule has 2 aliphatic rings. The number of piperidine rings is 1. The second-order valence-electron chi connectivity index (χ2n) is 11.2. The van der Waals surface area contributed by atoms with Crippen LogP contribution in [0.4, 0.5) is 0 Å². The van der Waals surface area contributed by atoms with Crippen LogP contribution in [0, 0.1) is 11.3 Å². The van der Waals surface area contributed by atoms with Gasteiger partial charge in [0.1, 0.15) is 11.6 Å². The topological polar surface area (TPSA) is 91.0 Å². The number of amides is 1. The number of benzene rings is 1. The third-order valence-electron chi connectivity index (χ3n) is 8.80. The Morgan fingerprint density at radius 2 is 1.97 bits per heavy atom. The van der Waals surface area contributed by atoms with Gasteiger partial charge in [-0.1, -0.05) is 38.8 Å². The number of aromatic amines is 1. The normalized spacial score (nSPS) is 19.5. The summed E-state index contributed by atoms with van der Waals surface area (Å²) in [5.74, 6) is 1.42. The zero-order chi connectivity index (χ0) is 26.5. The van der Waals surface area contributed by atoms with E-state index in [4.69, 9.17) is 4.98 Å². The van der Waals surface area contributed by atoms with Gasteiger partial charge in [0.2, 0.25) is 5.91 Å². The third-order valence-corrected chi connectivity index (χ3v) is 8.80. The van der Waals surface area contributed by atoms with E-state index < -0.39 is 0 Å². The number of carbonyl (C=O) groups excluding carboxylic acids is 2. The zero-order valence-corrected chi connectivity index (χ0v) is 22.8. The molecule has 2 N–H and O–H groups in total. The van der Waals surface area contributed by atoms with E-state index in [0.717, 1.165) is 92.6 Å². The number of Topliss-reactive ketones (excluding diaryl/α,β-unsaturated/α-hetero) is 1. The molecule has 1 spiro atoms. The molecule has 1 aliphatic carbocycles. The van der Waals surface area contributed by atoms with Crippen LogP contribution in [0.3, 0.4) is 0 Å². The number of rotatable bonds is 12. The van der Waals surface area contributed by atoms with Gasteiger partial charge >= 0.3 is 0 Å². The Hall–Kier alpha value is -3.06. The van der Waals surface area contributed by atoms with Gasteiger partial charge in [0.05, 0.1) is 23.4 Å². The summed E-state index contributed by atoms with van der Waals surface area (Å²) in [7, 11) is 0. The maximum atomic E-state index is 13.4. The van der Waals surface area contributed by atoms with Crippen LogP contribution in [0.2, 0.25) is 0 Å². The first kappa shape index (κ1) is 26.5. The molecule has 1 aliphatic heterocycles. The molecule has 0 radical (unpaired) electrons. The minimum absolute atomic E-state index is 0.119. The molecule has 38 heavy (non-hydrogen) atoms. The monoisotopic (exact) mass is 515 g/mol. The Labute approximate surface area is 225 Å². The summed E-state index contributed by atoms with van der Waals surface area (Å²) >= 11 is 0. The number of imidazole rings is 1. The number of fused-ring (bicyclic) bond motifs is 1. The van der Waals surface area contributed by atoms with Crippen LogP contribution in [0.25, 0.3) is 22.2 Å². The molecule has 7 nitrogen and oxygen atoms in total. The summed E-state index contributed by atoms with van der Waals surface area (Å²) in [6.45, 7) is 7.43. The predicted molar refractivity (Wildman–Crippen MR) is 150 cm³/mol. The Morgan fingerprint density at radius 3 is 2.76 bits per heavy atom. The van der Waals surface area contributed by atoms with Crippen LogP contribution in [0.1, 0.15) is 83.5 Å². The van der Waals surface area contributed by atoms with Gasteiger partial charge < -0.3 is 15.2 Å². The van der Waals surface area contributed by atoms with E-state index in [-0.39, 0.29) is 23.3 Å². The molecule has 2 fully saturated rings. The Morgan fingerprint density at radius 1 is 1.13 bits per heavy atom. The molecular formula is C31H41N5O2. The van der Waals surface area contributed by atoms with Crippen LogP contribution in [0.5, 0.6) is 0 Å². The molecule has 1 amide bonds. The first-order valence-corrected chi connectivity index (χ1v) is 14.5. The highest BCUT2D eigenvalue weighted by molar-refractivity contribution is 5.84. The summed E-state index contributed by atoms with van der Waals surface area (Å²) in [6.07, 6.45) is 11.8. The minimum Gasteiger partial charge on any atom is -0.346 e. The van der Waals surface area contributed by atoms with Crippen molar-refractivity contribution < 1.29 is 9.59 Å². The van der Waals surface area contributed by atoms with Gasteiger partial charge in [0, 0.05) is 35.9 Å². The molecule has 5 rings (SSSR count). The smallest absolute Gasteiger partial charge is 0.224 e. The van der Waals surface area contributed by atoms with Crippen molar-refractivity contribution in [1.82, 2.24) is 25.2 Å². The van der Waals surface area contributed by atoms with Crippen LogP contribution in [0.15, 0.2) is 42.7 Å². The number of nitrogens with one attached hydrogen (secondary N) is 2. The van der Waals surface area contributed by atoms with Crippen molar-refractivity contribution in [2.75, 3.05) is 19.6 Å². The summed E-state index contributed by atoms with van der Waals surface area (Å²) < 4.78 is 0. The molecule has 3 heterocycles. The molecule has 7 heteroatoms. The average molecular weight is 516 g/mol. The molecule has 0 unspecified atom stereocenters. The van der Waals surface area contributed by atoms with Crippen LogP contribution < -0.4 is 5.32 Å². The lowest BCUT2D eigenvalue weighted by Crippen LogP contribution is -2.37. The van der Waals surface area contributed by atoms with Crippen molar-refractivity contribution >= 4 is 22.6 Å². The molecule has 1 saturated heterocycles. The zero-order valence-electron chi connectivity index (χ0n) is 22.8. The fraction of sp³-hybridized carbons (Fsp3) is 0.548. The first-order chi connectivity index (χ1) is 18.5. The van der Waals surface area contributed by atoms with Crippen molar-refractivity contribution in [3.8, 4) is 11.3 Å². The van der Waals surface area contributed by atoms with Gasteiger partial charge in [0.15, 0.2) is 0 Å². The van der Waals surface area contributed by atoms with Gasteiger partial charge in [-0.05, 0) is 75.4 Å². The van der Waals surface area contributed by atoms with Gasteiger partial charge in [-0.3, -0.25) is 14.6 Å². The molecule has 1 aromatic carbocycles. The lowest BCUT2D eigenvalue weighted by atomic mass is 9.90. The minimum atomic E-state index is -0.159. The second-order valence-corrected chi connectivity index (χ2v) is 11.2. The molecule has 202 valence electrons. The fourth-order valence-corrected chi connectivity index (χ4v) is 6.06. The summed E-state index contributed by atoms with van der Waals surface area (Å²) in [5, 5.41) is 4.46. The van der Waals surface area contributed by atoms with Crippen LogP contribution in [-0.2, 0) is 9.59 Å². The summed E-state index contributed by atoms with van der Waals surface area (Å²) in [5.41, 5.74) is 3.16. The number of pyridine rings is 1. The molecule has 2 atom stereocenters. The van der Waals surface area contributed by atoms with Gasteiger partial charge in [-0.25, -0.2) is 4.98 Å². The molecule has 1 saturated carbocycles. The third kappa shape index (κ3) is 5.98. The number of hydrogen-bond donors (Lipinski definition) is 2. The van der Waals surface area contributed by atoms with Crippen molar-refractivity contribution in [3.05, 3.63) is 48.5 Å². The number of ketones is 1. The second kappa shape index (κ2) is 11.8. The number of H-pyrrole nitrogens is 1. The Balaban J connectivity index is 1.26. The van der Waals surface area contributed by atoms with Crippen LogP contribution >= 0.6 is 0 Å². The first-order valence-electron chi connectivity index (χ1n) is 14.5. The van der Waals surface area contributed by atoms with E-state index in [2.05, 4.69) is 45.3 Å². The highest BCUT2D eigenvalue weighted by atomic mass is 16.2. The number of nitrogens with zero attached hydrogens (tertiary/aromatic N) is 3. The van der Waals surface area contributed by atoms with Gasteiger partial charge in [-0.15, -0.1) is 0 Å². The standard InChI is InChI=1S/C31H41N5O2/c1-3-24(37)10-6-5-7-11-27(35-30(38)25-20-31(25)14-17-36(4-2)18-15-31)29-33-21-28(34-29)23-12-13-26-22(19-23)9-8-16-32-26/h8-9,12-13,16,19,21,25,27H,3-7,10-11,14-15,17-18,20H2,1-2H3,(H,33,34)(H,35,38)/t25-,27+/m1/s1. The van der Waals surface area contributed by atoms with Crippen molar-refractivity contribution in [2.45, 2.75) is 77.7 Å². The summed E-state index contributed by atoms with van der Waals surface area (Å²) in [4.78, 5) is 40.3. The van der Waals surface area contributed by atoms with E-state index in [0.29, 0.717) is 18.6 Å². The number of likely N-dealkylation sites (tertiary alicyclic amines) is 1. The van der Waals surface area contributed by atoms with Crippen molar-refractivity contribution in [1.29, 1.82) is 0 Å². The molecule has 0 bridgehead atoms. The van der Waals surface area contributed by atoms with E-state index in [9.17, 15) is 9.59 Å². The lowest BCUT2D eigenvalue weighted by molar-refractivity contribution is -0.124. The van der Waals surface area contributed by atoms with Crippen LogP contribution in [-0.4, -0.2) is 51.2 Å². The van der Waals surface area contributed by atoms with E-state index in [1.165, 1.54) is 0 Å². The quantitative estimate of drug-likeness (QED) is 0.296. The maximum absolute atomic E-state index is 13.4. The Kier molecular flexibility index (Phi) is 8.22. The van der Waals surface area contributed by atoms with Crippen molar-refractivity contribution in [2.24, 2.45) is 11.3 Å². The van der Waals surface area contributed by atoms with E-state index in [1.54, 1.807) is 6.20 Å². The van der Waals surface area contributed by atoms with E-state index >= 15 is 0 Å². The fourth-order valence-electron chi connectivity index (χ4n) is 6.06. The molecular weight excluding hydrogens is 474 g/mol. The Bertz CT molecular complexity index is 1260. The molecule has 2 aromatic heterocycles. The van der Waals surface area contributed by atoms with Gasteiger partial charge in [0.25, 0.3) is 0 Å². The van der Waals surface area contributed by atoms with Gasteiger partial charge in [-0.2, -0.15) is 0 Å². The molecule has 3 aromatic rings. The number of carbonyl (C=O) groups is 2. The number of unbranched alkanes of at least 4 members (excludes halogenated alkanes) is 2. The number of hydrogen-bond acceptors (Lipinski definition) is 5. The maximum Gasteiger partial charge on any atom is 0.224 e. The highest BCUT2D eigenvalue weighted by Gasteiger charge is 2.58. The highest BCUT2D eigenvalue weighted by Crippen LogP contribution is 2.59. The van der Waals surface area contributed by atoms with E-state index in [1.807, 2.05) is 25.3 Å². The van der Waals surface area contributed by atoms with Crippen molar-refractivity contribution in [3.63, 3.8) is 0 Å². The largest absolute Gasteiger partial charge is 0.346 e. The average Bonchev–Trinajstić information content (AvgIpc) is 3.42. The summed E-state index contributed by atoms with van der Waals surface area (Å²) in [6, 6.07) is 10.1. The number of aromatic nitrogens is 3. The SMILES string of the molecule is CCC(=O)CCCCC[C@H](NC(=O)[C@H]1CC12CCN(CC)CC2)c1ncc(-c2ccc3ncccc3c2)[nH]1. The predicted octanol–water partition coefficient (Wildman–Crippen LogP) is 5.83. The lowest BCUT2D eigenvalue weighted by Gasteiger charge is -2.32.